The van der Waals surface area contributed by atoms with E-state index in [0.717, 1.165) is 0 Å². The van der Waals surface area contributed by atoms with Crippen molar-refractivity contribution in [1.82, 2.24) is 0 Å². The molecule has 0 radical (unpaired) electrons. The second-order valence-electron chi connectivity index (χ2n) is 3.67. The topological polar surface area (TPSA) is 58.6 Å². The predicted molar refractivity (Wildman–Crippen MR) is 62.9 cm³/mol. The maximum atomic E-state index is 13.6. The van der Waals surface area contributed by atoms with Crippen molar-refractivity contribution in [3.8, 4) is 0 Å². The maximum Gasteiger partial charge on any atom is 0.337 e. The lowest BCUT2D eigenvalue weighted by atomic mass is 10.1. The highest BCUT2D eigenvalue weighted by Gasteiger charge is 2.16. The second kappa shape index (κ2) is 6.20. The molecule has 1 atom stereocenters. The molecule has 1 unspecified atom stereocenters. The molecule has 0 amide bonds. The predicted octanol–water partition coefficient (Wildman–Crippen LogP) is 2.36. The standard InChI is InChI=1S/C12H16FNO3/c1-3-8(7-17-2)14-11-9(12(15)16)5-4-6-10(11)13/h4-6,8,14H,3,7H2,1-2H3,(H,15,16). The van der Waals surface area contributed by atoms with E-state index in [4.69, 9.17) is 9.84 Å². The molecule has 0 heterocycles. The third kappa shape index (κ3) is 3.42. The molecule has 94 valence electrons. The normalized spacial score (nSPS) is 12.2. The highest BCUT2D eigenvalue weighted by molar-refractivity contribution is 5.94. The Morgan fingerprint density at radius 2 is 2.29 bits per heavy atom. The lowest BCUT2D eigenvalue weighted by Gasteiger charge is -2.19. The van der Waals surface area contributed by atoms with Crippen molar-refractivity contribution in [2.75, 3.05) is 19.0 Å². The molecule has 0 saturated carbocycles. The van der Waals surface area contributed by atoms with Crippen LogP contribution in [-0.2, 0) is 4.74 Å². The molecule has 1 aromatic carbocycles. The van der Waals surface area contributed by atoms with Gasteiger partial charge in [0.25, 0.3) is 0 Å². The number of para-hydroxylation sites is 1. The Hall–Kier alpha value is -1.62. The molecule has 0 spiro atoms. The zero-order valence-electron chi connectivity index (χ0n) is 9.87. The SMILES string of the molecule is CCC(COC)Nc1c(F)cccc1C(=O)O. The van der Waals surface area contributed by atoms with Gasteiger partial charge in [-0.3, -0.25) is 0 Å². The van der Waals surface area contributed by atoms with Crippen LogP contribution < -0.4 is 5.32 Å². The zero-order valence-corrected chi connectivity index (χ0v) is 9.87. The van der Waals surface area contributed by atoms with E-state index in [9.17, 15) is 9.18 Å². The van der Waals surface area contributed by atoms with Gasteiger partial charge in [-0.25, -0.2) is 9.18 Å². The molecule has 2 N–H and O–H groups in total. The molecule has 0 aliphatic heterocycles. The van der Waals surface area contributed by atoms with Gasteiger partial charge in [0.1, 0.15) is 5.82 Å². The van der Waals surface area contributed by atoms with Crippen LogP contribution in [-0.4, -0.2) is 30.8 Å². The molecule has 0 aromatic heterocycles. The number of hydrogen-bond donors (Lipinski definition) is 2. The van der Waals surface area contributed by atoms with Crippen LogP contribution in [0.1, 0.15) is 23.7 Å². The molecule has 0 saturated heterocycles. The van der Waals surface area contributed by atoms with Crippen molar-refractivity contribution in [2.24, 2.45) is 0 Å². The number of carbonyl (C=O) groups is 1. The monoisotopic (exact) mass is 241 g/mol. The lowest BCUT2D eigenvalue weighted by molar-refractivity contribution is 0.0697. The average molecular weight is 241 g/mol. The van der Waals surface area contributed by atoms with Gasteiger partial charge in [-0.1, -0.05) is 13.0 Å². The number of rotatable bonds is 6. The number of nitrogens with one attached hydrogen (secondary N) is 1. The summed E-state index contributed by atoms with van der Waals surface area (Å²) in [5.74, 6) is -1.72. The summed E-state index contributed by atoms with van der Waals surface area (Å²) in [6, 6.07) is 3.86. The van der Waals surface area contributed by atoms with Gasteiger partial charge in [0.2, 0.25) is 0 Å². The van der Waals surface area contributed by atoms with Crippen LogP contribution in [0.4, 0.5) is 10.1 Å². The van der Waals surface area contributed by atoms with Crippen molar-refractivity contribution < 1.29 is 19.0 Å². The van der Waals surface area contributed by atoms with Crippen molar-refractivity contribution >= 4 is 11.7 Å². The first-order chi connectivity index (χ1) is 8.10. The Bertz CT molecular complexity index is 395. The van der Waals surface area contributed by atoms with Gasteiger partial charge < -0.3 is 15.2 Å². The summed E-state index contributed by atoms with van der Waals surface area (Å²) in [4.78, 5) is 11.0. The number of benzene rings is 1. The van der Waals surface area contributed by atoms with Crippen molar-refractivity contribution in [2.45, 2.75) is 19.4 Å². The van der Waals surface area contributed by atoms with Crippen molar-refractivity contribution in [3.05, 3.63) is 29.6 Å². The molecular formula is C12H16FNO3. The largest absolute Gasteiger partial charge is 0.478 e. The first-order valence-corrected chi connectivity index (χ1v) is 5.37. The Balaban J connectivity index is 2.99. The molecule has 1 aromatic rings. The summed E-state index contributed by atoms with van der Waals surface area (Å²) < 4.78 is 18.6. The van der Waals surface area contributed by atoms with Gasteiger partial charge in [0.05, 0.1) is 17.9 Å². The van der Waals surface area contributed by atoms with Crippen LogP contribution in [0.3, 0.4) is 0 Å². The maximum absolute atomic E-state index is 13.6. The summed E-state index contributed by atoms with van der Waals surface area (Å²) in [6.45, 7) is 2.31. The molecule has 1 rings (SSSR count). The minimum atomic E-state index is -1.15. The van der Waals surface area contributed by atoms with Gasteiger partial charge in [-0.15, -0.1) is 0 Å². The molecule has 0 aliphatic carbocycles. The average Bonchev–Trinajstić information content (AvgIpc) is 2.30. The zero-order chi connectivity index (χ0) is 12.8. The number of carboxylic acid groups (broad SMARTS) is 1. The summed E-state index contributed by atoms with van der Waals surface area (Å²) >= 11 is 0. The minimum Gasteiger partial charge on any atom is -0.478 e. The highest BCUT2D eigenvalue weighted by Crippen LogP contribution is 2.21. The van der Waals surface area contributed by atoms with Gasteiger partial charge in [0.15, 0.2) is 0 Å². The van der Waals surface area contributed by atoms with Gasteiger partial charge in [-0.05, 0) is 18.6 Å². The number of halogens is 1. The number of ether oxygens (including phenoxy) is 1. The Morgan fingerprint density at radius 3 is 2.82 bits per heavy atom. The Labute approximate surface area is 99.4 Å². The van der Waals surface area contributed by atoms with Crippen LogP contribution in [0, 0.1) is 5.82 Å². The van der Waals surface area contributed by atoms with E-state index < -0.39 is 11.8 Å². The van der Waals surface area contributed by atoms with Crippen LogP contribution in [0.15, 0.2) is 18.2 Å². The molecular weight excluding hydrogens is 225 g/mol. The van der Waals surface area contributed by atoms with Crippen molar-refractivity contribution in [3.63, 3.8) is 0 Å². The van der Waals surface area contributed by atoms with Crippen LogP contribution in [0.25, 0.3) is 0 Å². The molecule has 0 fully saturated rings. The fraction of sp³-hybridized carbons (Fsp3) is 0.417. The summed E-state index contributed by atoms with van der Waals surface area (Å²) in [6.07, 6.45) is 0.710. The molecule has 4 nitrogen and oxygen atoms in total. The first-order valence-electron chi connectivity index (χ1n) is 5.37. The van der Waals surface area contributed by atoms with E-state index >= 15 is 0 Å². The smallest absolute Gasteiger partial charge is 0.337 e. The Kier molecular flexibility index (Phi) is 4.90. The molecule has 0 aliphatic rings. The van der Waals surface area contributed by atoms with E-state index in [1.54, 1.807) is 7.11 Å². The van der Waals surface area contributed by atoms with E-state index in [1.807, 2.05) is 6.92 Å². The van der Waals surface area contributed by atoms with Crippen LogP contribution >= 0.6 is 0 Å². The molecule has 5 heteroatoms. The van der Waals surface area contributed by atoms with Crippen LogP contribution in [0.2, 0.25) is 0 Å². The number of methoxy groups -OCH3 is 1. The fourth-order valence-electron chi connectivity index (χ4n) is 1.52. The highest BCUT2D eigenvalue weighted by atomic mass is 19.1. The number of aromatic carboxylic acids is 1. The van der Waals surface area contributed by atoms with Crippen molar-refractivity contribution in [1.29, 1.82) is 0 Å². The minimum absolute atomic E-state index is 0.0175. The van der Waals surface area contributed by atoms with Gasteiger partial charge in [-0.2, -0.15) is 0 Å². The quantitative estimate of drug-likeness (QED) is 0.802. The molecule has 17 heavy (non-hydrogen) atoms. The third-order valence-corrected chi connectivity index (χ3v) is 2.45. The Morgan fingerprint density at radius 1 is 1.59 bits per heavy atom. The third-order valence-electron chi connectivity index (χ3n) is 2.45. The van der Waals surface area contributed by atoms with Gasteiger partial charge >= 0.3 is 5.97 Å². The van der Waals surface area contributed by atoms with E-state index in [2.05, 4.69) is 5.32 Å². The second-order valence-corrected chi connectivity index (χ2v) is 3.67. The number of anilines is 1. The molecule has 0 bridgehead atoms. The lowest BCUT2D eigenvalue weighted by Crippen LogP contribution is -2.25. The fourth-order valence-corrected chi connectivity index (χ4v) is 1.52. The first kappa shape index (κ1) is 13.4. The number of hydrogen-bond acceptors (Lipinski definition) is 3. The summed E-state index contributed by atoms with van der Waals surface area (Å²) in [7, 11) is 1.55. The van der Waals surface area contributed by atoms with E-state index in [-0.39, 0.29) is 17.3 Å². The van der Waals surface area contributed by atoms with E-state index in [0.29, 0.717) is 13.0 Å². The van der Waals surface area contributed by atoms with Gasteiger partial charge in [0, 0.05) is 13.2 Å². The van der Waals surface area contributed by atoms with E-state index in [1.165, 1.54) is 18.2 Å². The number of carboxylic acids is 1. The van der Waals surface area contributed by atoms with Crippen LogP contribution in [0.5, 0.6) is 0 Å². The summed E-state index contributed by atoms with van der Waals surface area (Å²) in [5.41, 5.74) is -0.0524. The summed E-state index contributed by atoms with van der Waals surface area (Å²) in [5, 5.41) is 11.8.